The molecule has 0 aliphatic rings. The van der Waals surface area contributed by atoms with E-state index in [1.807, 2.05) is 44.2 Å². The maximum Gasteiger partial charge on any atom is 0.226 e. The van der Waals surface area contributed by atoms with E-state index >= 15 is 0 Å². The summed E-state index contributed by atoms with van der Waals surface area (Å²) in [7, 11) is 0. The van der Waals surface area contributed by atoms with Crippen LogP contribution in [0.2, 0.25) is 0 Å². The van der Waals surface area contributed by atoms with Crippen LogP contribution in [0, 0.1) is 0 Å². The van der Waals surface area contributed by atoms with Crippen molar-refractivity contribution < 1.29 is 9.21 Å². The Bertz CT molecular complexity index is 703. The third-order valence-corrected chi connectivity index (χ3v) is 3.53. The average Bonchev–Trinajstić information content (AvgIpc) is 3.14. The SMILES string of the molecule is CCCNC(=O)CCNC(=NCc1coc(-c2ccccc2)n1)NCC.I. The second kappa shape index (κ2) is 13.1. The van der Waals surface area contributed by atoms with E-state index in [1.165, 1.54) is 0 Å². The molecule has 0 fully saturated rings. The molecule has 1 amide bonds. The van der Waals surface area contributed by atoms with Crippen molar-refractivity contribution in [2.75, 3.05) is 19.6 Å². The number of guanidine groups is 1. The molecule has 0 saturated heterocycles. The average molecular weight is 485 g/mol. The van der Waals surface area contributed by atoms with E-state index in [4.69, 9.17) is 4.42 Å². The first-order valence-corrected chi connectivity index (χ1v) is 9.01. The molecule has 0 saturated carbocycles. The third-order valence-electron chi connectivity index (χ3n) is 3.53. The lowest BCUT2D eigenvalue weighted by atomic mass is 10.2. The minimum Gasteiger partial charge on any atom is -0.444 e. The summed E-state index contributed by atoms with van der Waals surface area (Å²) in [5, 5.41) is 9.17. The van der Waals surface area contributed by atoms with Gasteiger partial charge in [-0.15, -0.1) is 24.0 Å². The number of rotatable bonds is 9. The van der Waals surface area contributed by atoms with Gasteiger partial charge >= 0.3 is 0 Å². The van der Waals surface area contributed by atoms with E-state index in [2.05, 4.69) is 25.9 Å². The molecule has 3 N–H and O–H groups in total. The Labute approximate surface area is 177 Å². The van der Waals surface area contributed by atoms with Gasteiger partial charge in [0.1, 0.15) is 12.0 Å². The van der Waals surface area contributed by atoms with Gasteiger partial charge in [-0.2, -0.15) is 0 Å². The summed E-state index contributed by atoms with van der Waals surface area (Å²) < 4.78 is 5.52. The first-order valence-electron chi connectivity index (χ1n) is 9.01. The van der Waals surface area contributed by atoms with E-state index in [0.717, 1.165) is 24.2 Å². The molecule has 7 nitrogen and oxygen atoms in total. The van der Waals surface area contributed by atoms with Crippen molar-refractivity contribution in [2.45, 2.75) is 33.2 Å². The third kappa shape index (κ3) is 8.42. The van der Waals surface area contributed by atoms with Crippen LogP contribution >= 0.6 is 24.0 Å². The largest absolute Gasteiger partial charge is 0.444 e. The van der Waals surface area contributed by atoms with Crippen molar-refractivity contribution in [1.29, 1.82) is 0 Å². The number of carbonyl (C=O) groups excluding carboxylic acids is 1. The molecule has 148 valence electrons. The van der Waals surface area contributed by atoms with E-state index in [0.29, 0.717) is 37.9 Å². The summed E-state index contributed by atoms with van der Waals surface area (Å²) in [4.78, 5) is 20.6. The first-order chi connectivity index (χ1) is 12.7. The van der Waals surface area contributed by atoms with Gasteiger partial charge in [0.15, 0.2) is 5.96 Å². The molecule has 0 aliphatic carbocycles. The molecule has 2 aromatic rings. The topological polar surface area (TPSA) is 91.5 Å². The summed E-state index contributed by atoms with van der Waals surface area (Å²) in [6.45, 7) is 6.39. The quantitative estimate of drug-likeness (QED) is 0.289. The minimum absolute atomic E-state index is 0. The highest BCUT2D eigenvalue weighted by atomic mass is 127. The number of amides is 1. The Morgan fingerprint density at radius 2 is 1.89 bits per heavy atom. The normalized spacial score (nSPS) is 10.8. The van der Waals surface area contributed by atoms with Crippen LogP contribution in [0.25, 0.3) is 11.5 Å². The molecule has 1 aromatic carbocycles. The van der Waals surface area contributed by atoms with Crippen molar-refractivity contribution in [3.63, 3.8) is 0 Å². The predicted molar refractivity (Wildman–Crippen MR) is 118 cm³/mol. The van der Waals surface area contributed by atoms with Crippen LogP contribution in [0.5, 0.6) is 0 Å². The molecule has 0 bridgehead atoms. The maximum atomic E-state index is 11.6. The number of halogens is 1. The number of hydrogen-bond donors (Lipinski definition) is 3. The van der Waals surface area contributed by atoms with Gasteiger partial charge in [0.25, 0.3) is 0 Å². The zero-order chi connectivity index (χ0) is 18.6. The molecule has 0 spiro atoms. The Morgan fingerprint density at radius 3 is 2.59 bits per heavy atom. The zero-order valence-electron chi connectivity index (χ0n) is 15.8. The van der Waals surface area contributed by atoms with Gasteiger partial charge in [0.2, 0.25) is 11.8 Å². The highest BCUT2D eigenvalue weighted by molar-refractivity contribution is 14.0. The molecule has 27 heavy (non-hydrogen) atoms. The zero-order valence-corrected chi connectivity index (χ0v) is 18.2. The van der Waals surface area contributed by atoms with Gasteiger partial charge in [-0.25, -0.2) is 9.98 Å². The number of oxazole rings is 1. The second-order valence-corrected chi connectivity index (χ2v) is 5.73. The number of carbonyl (C=O) groups is 1. The molecular weight excluding hydrogens is 457 g/mol. The fourth-order valence-electron chi connectivity index (χ4n) is 2.24. The fraction of sp³-hybridized carbons (Fsp3) is 0.421. The molecule has 0 aliphatic heterocycles. The lowest BCUT2D eigenvalue weighted by Crippen LogP contribution is -2.39. The monoisotopic (exact) mass is 485 g/mol. The van der Waals surface area contributed by atoms with E-state index < -0.39 is 0 Å². The number of aliphatic imine (C=N–C) groups is 1. The molecule has 0 radical (unpaired) electrons. The van der Waals surface area contributed by atoms with Gasteiger partial charge in [0, 0.05) is 31.6 Å². The molecule has 2 rings (SSSR count). The number of aromatic nitrogens is 1. The molecular formula is C19H28IN5O2. The van der Waals surface area contributed by atoms with Gasteiger partial charge in [-0.05, 0) is 25.5 Å². The van der Waals surface area contributed by atoms with Crippen molar-refractivity contribution >= 4 is 35.8 Å². The fourth-order valence-corrected chi connectivity index (χ4v) is 2.24. The molecule has 0 unspecified atom stereocenters. The van der Waals surface area contributed by atoms with Crippen LogP contribution in [0.4, 0.5) is 0 Å². The molecule has 1 heterocycles. The second-order valence-electron chi connectivity index (χ2n) is 5.73. The molecule has 0 atom stereocenters. The van der Waals surface area contributed by atoms with Gasteiger partial charge < -0.3 is 20.4 Å². The van der Waals surface area contributed by atoms with Crippen LogP contribution in [-0.4, -0.2) is 36.5 Å². The number of hydrogen-bond acceptors (Lipinski definition) is 4. The summed E-state index contributed by atoms with van der Waals surface area (Å²) in [6.07, 6.45) is 2.96. The molecule has 1 aromatic heterocycles. The van der Waals surface area contributed by atoms with Gasteiger partial charge in [-0.1, -0.05) is 25.1 Å². The van der Waals surface area contributed by atoms with E-state index in [9.17, 15) is 4.79 Å². The Hall–Kier alpha value is -2.10. The van der Waals surface area contributed by atoms with Crippen LogP contribution in [-0.2, 0) is 11.3 Å². The summed E-state index contributed by atoms with van der Waals surface area (Å²) in [5.74, 6) is 1.28. The van der Waals surface area contributed by atoms with E-state index in [-0.39, 0.29) is 29.9 Å². The maximum absolute atomic E-state index is 11.6. The number of benzene rings is 1. The molecule has 8 heteroatoms. The summed E-state index contributed by atoms with van der Waals surface area (Å²) >= 11 is 0. The summed E-state index contributed by atoms with van der Waals surface area (Å²) in [5.41, 5.74) is 1.69. The lowest BCUT2D eigenvalue weighted by Gasteiger charge is -2.10. The van der Waals surface area contributed by atoms with E-state index in [1.54, 1.807) is 6.26 Å². The van der Waals surface area contributed by atoms with Crippen LogP contribution in [0.3, 0.4) is 0 Å². The Kier molecular flexibility index (Phi) is 11.2. The Balaban J connectivity index is 0.00000364. The smallest absolute Gasteiger partial charge is 0.226 e. The van der Waals surface area contributed by atoms with Crippen molar-refractivity contribution in [3.05, 3.63) is 42.3 Å². The lowest BCUT2D eigenvalue weighted by molar-refractivity contribution is -0.120. The number of nitrogens with one attached hydrogen (secondary N) is 3. The highest BCUT2D eigenvalue weighted by Crippen LogP contribution is 2.18. The van der Waals surface area contributed by atoms with Crippen molar-refractivity contribution in [2.24, 2.45) is 4.99 Å². The van der Waals surface area contributed by atoms with Crippen molar-refractivity contribution in [3.8, 4) is 11.5 Å². The van der Waals surface area contributed by atoms with Crippen LogP contribution in [0.1, 0.15) is 32.4 Å². The van der Waals surface area contributed by atoms with Crippen molar-refractivity contribution in [1.82, 2.24) is 20.9 Å². The standard InChI is InChI=1S/C19H27N5O2.HI/c1-3-11-21-17(25)10-12-22-19(20-4-2)23-13-16-14-26-18(24-16)15-8-6-5-7-9-15;/h5-9,14H,3-4,10-13H2,1-2H3,(H,21,25)(H2,20,22,23);1H. The Morgan fingerprint density at radius 1 is 1.11 bits per heavy atom. The van der Waals surface area contributed by atoms with Gasteiger partial charge in [0.05, 0.1) is 6.54 Å². The number of nitrogens with zero attached hydrogens (tertiary/aromatic N) is 2. The first kappa shape index (κ1) is 22.9. The predicted octanol–water partition coefficient (Wildman–Crippen LogP) is 2.93. The highest BCUT2D eigenvalue weighted by Gasteiger charge is 2.06. The van der Waals surface area contributed by atoms with Gasteiger partial charge in [-0.3, -0.25) is 4.79 Å². The van der Waals surface area contributed by atoms with Crippen LogP contribution < -0.4 is 16.0 Å². The van der Waals surface area contributed by atoms with Crippen LogP contribution in [0.15, 0.2) is 46.0 Å². The minimum atomic E-state index is 0. The summed E-state index contributed by atoms with van der Waals surface area (Å²) in [6, 6.07) is 9.75.